The van der Waals surface area contributed by atoms with Crippen LogP contribution in [0.1, 0.15) is 204 Å². The van der Waals surface area contributed by atoms with E-state index in [4.69, 9.17) is 17.2 Å². The van der Waals surface area contributed by atoms with Crippen molar-refractivity contribution in [2.24, 2.45) is 52.7 Å². The Hall–Kier alpha value is -10.8. The Balaban J connectivity index is 2.31. The fourth-order valence-electron chi connectivity index (χ4n) is 12.6. The van der Waals surface area contributed by atoms with Crippen LogP contribution in [0.25, 0.3) is 0 Å². The lowest BCUT2D eigenvalue weighted by Gasteiger charge is -2.30. The number of unbranched alkanes of at least 4 members (excludes halogenated alkanes) is 2. The van der Waals surface area contributed by atoms with Gasteiger partial charge >= 0.3 is 17.9 Å². The van der Waals surface area contributed by atoms with E-state index in [1.165, 1.54) is 13.8 Å². The van der Waals surface area contributed by atoms with Gasteiger partial charge in [-0.1, -0.05) is 132 Å². The minimum atomic E-state index is -1.93. The molecule has 120 heavy (non-hydrogen) atoms. The minimum absolute atomic E-state index is 0.00424. The Morgan fingerprint density at radius 2 is 0.733 bits per heavy atom. The molecule has 1 aromatic carbocycles. The van der Waals surface area contributed by atoms with Crippen molar-refractivity contribution in [2.45, 2.75) is 291 Å². The molecule has 0 fully saturated rings. The smallest absolute Gasteiger partial charge is 0.326 e. The van der Waals surface area contributed by atoms with Crippen LogP contribution >= 0.6 is 0 Å². The average Bonchev–Trinajstić information content (AvgIpc) is 0.862. The van der Waals surface area contributed by atoms with Gasteiger partial charge in [-0.05, 0) is 157 Å². The van der Waals surface area contributed by atoms with Crippen LogP contribution in [0, 0.1) is 35.5 Å². The van der Waals surface area contributed by atoms with Crippen LogP contribution in [-0.2, 0) is 94.3 Å². The summed E-state index contributed by atoms with van der Waals surface area (Å²) in [6.07, 6.45) is 3.52. The van der Waals surface area contributed by atoms with Crippen molar-refractivity contribution in [3.8, 4) is 0 Å². The van der Waals surface area contributed by atoms with E-state index in [1.54, 1.807) is 124 Å². The van der Waals surface area contributed by atoms with Crippen molar-refractivity contribution in [2.75, 3.05) is 19.6 Å². The minimum Gasteiger partial charge on any atom is -0.481 e. The Labute approximate surface area is 702 Å². The maximum absolute atomic E-state index is 14.5. The topological polar surface area (TPSA) is 610 Å². The number of nitrogens with zero attached hydrogens (tertiary/aromatic N) is 1. The number of carbonyl (C=O) groups is 17. The molecule has 1 heterocycles. The van der Waals surface area contributed by atoms with Gasteiger partial charge in [0.2, 0.25) is 82.7 Å². The quantitative estimate of drug-likeness (QED) is 0.0375. The number of carboxylic acids is 3. The van der Waals surface area contributed by atoms with Gasteiger partial charge in [0.1, 0.15) is 78.5 Å². The molecule has 38 heteroatoms. The average molecular weight is 1690 g/mol. The van der Waals surface area contributed by atoms with Crippen LogP contribution < -0.4 is 91.6 Å². The molecule has 0 spiro atoms. The number of aliphatic carboxylic acids is 3. The summed E-state index contributed by atoms with van der Waals surface area (Å²) in [7, 11) is 0. The molecule has 0 aliphatic carbocycles. The van der Waals surface area contributed by atoms with E-state index >= 15 is 0 Å². The zero-order valence-corrected chi connectivity index (χ0v) is 71.8. The number of hydrogen-bond acceptors (Lipinski definition) is 21. The summed E-state index contributed by atoms with van der Waals surface area (Å²) in [5.41, 5.74) is 19.1. The van der Waals surface area contributed by atoms with Gasteiger partial charge in [0, 0.05) is 25.2 Å². The first-order valence-electron chi connectivity index (χ1n) is 41.4. The summed E-state index contributed by atoms with van der Waals surface area (Å²) in [6, 6.07) is -7.50. The highest BCUT2D eigenvalue weighted by molar-refractivity contribution is 6.00. The summed E-state index contributed by atoms with van der Waals surface area (Å²) in [6.45, 7) is 23.5. The fraction of sp³-hybridized carbons (Fsp3) is 0.659. The van der Waals surface area contributed by atoms with Crippen LogP contribution in [0.4, 0.5) is 0 Å². The predicted octanol–water partition coefficient (Wildman–Crippen LogP) is -0.389. The lowest BCUT2D eigenvalue weighted by molar-refractivity contribution is -0.143. The highest BCUT2D eigenvalue weighted by Crippen LogP contribution is 2.18. The van der Waals surface area contributed by atoms with Crippen LogP contribution in [0.5, 0.6) is 0 Å². The molecule has 0 aliphatic rings. The van der Waals surface area contributed by atoms with E-state index in [1.807, 2.05) is 13.8 Å². The van der Waals surface area contributed by atoms with Crippen molar-refractivity contribution in [3.05, 3.63) is 66.0 Å². The molecule has 0 saturated carbocycles. The molecule has 14 amide bonds. The lowest BCUT2D eigenvalue weighted by Crippen LogP contribution is -2.61. The summed E-state index contributed by atoms with van der Waals surface area (Å²) in [5.74, 6) is -18.6. The molecular weight excluding hydrogens is 1560 g/mol. The molecule has 1 aromatic heterocycles. The van der Waals surface area contributed by atoms with Gasteiger partial charge in [0.25, 0.3) is 0 Å². The normalized spacial score (nSPS) is 15.3. The maximum Gasteiger partial charge on any atom is 0.326 e. The monoisotopic (exact) mass is 1690 g/mol. The van der Waals surface area contributed by atoms with E-state index in [0.29, 0.717) is 49.8 Å². The Morgan fingerprint density at radius 1 is 0.367 bits per heavy atom. The number of carboxylic acid groups (broad SMARTS) is 3. The van der Waals surface area contributed by atoms with Crippen molar-refractivity contribution >= 4 is 101 Å². The van der Waals surface area contributed by atoms with Gasteiger partial charge in [-0.2, -0.15) is 0 Å². The third-order valence-electron chi connectivity index (χ3n) is 19.8. The second-order valence-corrected chi connectivity index (χ2v) is 32.3. The zero-order valence-electron chi connectivity index (χ0n) is 71.8. The number of aromatic nitrogens is 1. The van der Waals surface area contributed by atoms with Gasteiger partial charge < -0.3 is 107 Å². The van der Waals surface area contributed by atoms with Crippen LogP contribution in [-0.4, -0.2) is 225 Å². The van der Waals surface area contributed by atoms with Gasteiger partial charge in [-0.3, -0.25) is 81.7 Å². The predicted molar refractivity (Wildman–Crippen MR) is 445 cm³/mol. The molecule has 0 aliphatic heterocycles. The largest absolute Gasteiger partial charge is 0.481 e. The zero-order chi connectivity index (χ0) is 90.6. The van der Waals surface area contributed by atoms with E-state index in [9.17, 15) is 96.8 Å². The molecule has 0 unspecified atom stereocenters. The van der Waals surface area contributed by atoms with Crippen LogP contribution in [0.3, 0.4) is 0 Å². The molecule has 0 saturated heterocycles. The van der Waals surface area contributed by atoms with Gasteiger partial charge in [-0.15, -0.1) is 0 Å². The standard InChI is InChI=1S/C82H134N18O20/c1-15-48(11)67(80(117)87-43-64(101)90-62(41-66(104)105)77(114)93-57(30-31-65(102)103)74(111)98-63(82(119)120)40-52-25-18-17-19-26-52)99-78(115)60(37-46(7)8)95-69(106)50(13)88-75(112)58(35-44(3)4)96-73(110)56(29-21-23-33-84)92-76(113)59(36-45(5)6)94-70(107)51(14)89-81(118)68(49(12)16-2)100-79(116)61(38-47(9)10)97-72(109)55(28-20-22-32-83)91-71(108)54(85)39-53-27-24-34-86-42-53/h17-19,24-27,34,42,44-51,54-63,67-68H,15-16,20-23,28-33,35-41,43,83-85H2,1-14H3,(H,87,117)(H,88,112)(H,89,118)(H,90,101)(H,91,108)(H,92,113)(H,93,114)(H,94,107)(H,95,106)(H,96,110)(H,97,109)(H,98,111)(H,99,115)(H,100,116)(H,102,103)(H,104,105)(H,119,120)/t48-,49-,50-,51-,54-,55-,56-,57-,58-,59-,60-,61-,62-,63-,67-,68-/m0/s1. The summed E-state index contributed by atoms with van der Waals surface area (Å²) in [4.78, 5) is 236. The van der Waals surface area contributed by atoms with Crippen LogP contribution in [0.2, 0.25) is 0 Å². The molecule has 0 bridgehead atoms. The van der Waals surface area contributed by atoms with Crippen molar-refractivity contribution in [1.82, 2.24) is 79.4 Å². The lowest BCUT2D eigenvalue weighted by atomic mass is 9.96. The fourth-order valence-corrected chi connectivity index (χ4v) is 12.6. The number of amides is 14. The molecule has 0 radical (unpaired) electrons. The number of pyridine rings is 1. The van der Waals surface area contributed by atoms with Gasteiger partial charge in [0.15, 0.2) is 0 Å². The van der Waals surface area contributed by atoms with Crippen LogP contribution in [0.15, 0.2) is 54.9 Å². The highest BCUT2D eigenvalue weighted by Gasteiger charge is 2.39. The first-order valence-corrected chi connectivity index (χ1v) is 41.4. The molecule has 2 rings (SSSR count). The van der Waals surface area contributed by atoms with Crippen molar-refractivity contribution in [1.29, 1.82) is 0 Å². The molecule has 672 valence electrons. The highest BCUT2D eigenvalue weighted by atomic mass is 16.4. The van der Waals surface area contributed by atoms with E-state index in [2.05, 4.69) is 79.4 Å². The number of nitrogens with one attached hydrogen (secondary N) is 14. The summed E-state index contributed by atoms with van der Waals surface area (Å²) < 4.78 is 0. The first-order chi connectivity index (χ1) is 56.4. The Kier molecular flexibility index (Phi) is 48.4. The second kappa shape index (κ2) is 55.1. The molecular formula is C82H134N18O20. The van der Waals surface area contributed by atoms with E-state index < -0.39 is 223 Å². The van der Waals surface area contributed by atoms with E-state index in [0.717, 1.165) is 0 Å². The van der Waals surface area contributed by atoms with Gasteiger partial charge in [-0.25, -0.2) is 4.79 Å². The third-order valence-corrected chi connectivity index (χ3v) is 19.8. The molecule has 16 atom stereocenters. The van der Waals surface area contributed by atoms with Crippen molar-refractivity contribution < 1.29 is 96.8 Å². The summed E-state index contributed by atoms with van der Waals surface area (Å²) in [5, 5.41) is 65.1. The van der Waals surface area contributed by atoms with E-state index in [-0.39, 0.29) is 88.0 Å². The Morgan fingerprint density at radius 3 is 1.13 bits per heavy atom. The molecule has 38 nitrogen and oxygen atoms in total. The summed E-state index contributed by atoms with van der Waals surface area (Å²) >= 11 is 0. The molecule has 2 aromatic rings. The first kappa shape index (κ1) is 105. The maximum atomic E-state index is 14.5. The van der Waals surface area contributed by atoms with Crippen molar-refractivity contribution in [3.63, 3.8) is 0 Å². The third kappa shape index (κ3) is 40.3. The second-order valence-electron chi connectivity index (χ2n) is 32.3. The number of hydrogen-bond donors (Lipinski definition) is 20. The van der Waals surface area contributed by atoms with Gasteiger partial charge in [0.05, 0.1) is 19.0 Å². The Bertz CT molecular complexity index is 3690. The molecule has 23 N–H and O–H groups in total. The SMILES string of the molecule is CC[C@H](C)[C@H](NC(=O)[C@H](CC(C)C)NC(=O)[C@H](C)NC(=O)[C@H](CC(C)C)NC(=O)[C@H](CCCCN)NC(=O)[C@H](CC(C)C)NC(=O)[C@H](C)NC(=O)[C@@H](NC(=O)[C@H](CC(C)C)NC(=O)[C@H](CCCCN)NC(=O)[C@@H](N)Cc1cccnc1)[C@@H](C)CC)C(=O)NCC(=O)N[C@@H](CC(=O)O)C(=O)N[C@@H](CCC(=O)O)C(=O)N[C@@H](Cc1ccccc1)C(=O)O. The number of nitrogens with two attached hydrogens (primary N) is 3. The number of benzene rings is 1. The number of rotatable bonds is 58. The number of carbonyl (C=O) groups excluding carboxylic acids is 14.